The van der Waals surface area contributed by atoms with E-state index in [-0.39, 0.29) is 24.0 Å². The average molecular weight is 315 g/mol. The second-order valence-corrected chi connectivity index (χ2v) is 5.04. The highest BCUT2D eigenvalue weighted by Crippen LogP contribution is 2.31. The van der Waals surface area contributed by atoms with Gasteiger partial charge in [-0.05, 0) is 31.5 Å². The fraction of sp³-hybridized carbons (Fsp3) is 0.200. The summed E-state index contributed by atoms with van der Waals surface area (Å²) in [4.78, 5) is 16.2. The van der Waals surface area contributed by atoms with E-state index >= 15 is 0 Å². The molecule has 3 rings (SSSR count). The Kier molecular flexibility index (Phi) is 3.88. The Labute approximate surface area is 130 Å². The number of benzene rings is 1. The SMILES string of the molecule is Cc1nc(CC(=O)Nc2onc(C)c2-c2ccc(F)cc2)n[nH]1. The lowest BCUT2D eigenvalue weighted by atomic mass is 10.1. The standard InChI is InChI=1S/C15H14FN5O2/c1-8-14(10-3-5-11(16)6-4-10)15(23-21-8)18-13(22)7-12-17-9(2)19-20-12/h3-6H,7H2,1-2H3,(H,18,22)(H,17,19,20). The summed E-state index contributed by atoms with van der Waals surface area (Å²) in [5.41, 5.74) is 1.92. The van der Waals surface area contributed by atoms with E-state index in [1.807, 2.05) is 0 Å². The van der Waals surface area contributed by atoms with Gasteiger partial charge in [0.1, 0.15) is 11.6 Å². The normalized spacial score (nSPS) is 10.7. The molecule has 118 valence electrons. The molecule has 1 aromatic carbocycles. The molecule has 8 heteroatoms. The lowest BCUT2D eigenvalue weighted by Gasteiger charge is -2.04. The molecule has 0 radical (unpaired) electrons. The second-order valence-electron chi connectivity index (χ2n) is 5.04. The number of halogens is 1. The summed E-state index contributed by atoms with van der Waals surface area (Å²) < 4.78 is 18.2. The summed E-state index contributed by atoms with van der Waals surface area (Å²) in [6.45, 7) is 3.50. The number of hydrogen-bond donors (Lipinski definition) is 2. The Morgan fingerprint density at radius 2 is 2.04 bits per heavy atom. The van der Waals surface area contributed by atoms with Crippen LogP contribution >= 0.6 is 0 Å². The van der Waals surface area contributed by atoms with Crippen LogP contribution in [0.2, 0.25) is 0 Å². The smallest absolute Gasteiger partial charge is 0.239 e. The molecule has 0 saturated heterocycles. The third-order valence-corrected chi connectivity index (χ3v) is 3.21. The number of nitrogens with one attached hydrogen (secondary N) is 2. The third kappa shape index (κ3) is 3.25. The van der Waals surface area contributed by atoms with Gasteiger partial charge in [-0.1, -0.05) is 17.3 Å². The van der Waals surface area contributed by atoms with Crippen molar-refractivity contribution in [3.63, 3.8) is 0 Å². The maximum Gasteiger partial charge on any atom is 0.239 e. The maximum absolute atomic E-state index is 13.1. The lowest BCUT2D eigenvalue weighted by Crippen LogP contribution is -2.15. The maximum atomic E-state index is 13.1. The highest BCUT2D eigenvalue weighted by atomic mass is 19.1. The average Bonchev–Trinajstić information content (AvgIpc) is 3.06. The van der Waals surface area contributed by atoms with E-state index in [4.69, 9.17) is 4.52 Å². The molecule has 2 N–H and O–H groups in total. The number of hydrogen-bond acceptors (Lipinski definition) is 5. The quantitative estimate of drug-likeness (QED) is 0.770. The second kappa shape index (κ2) is 5.99. The van der Waals surface area contributed by atoms with Crippen molar-refractivity contribution in [1.29, 1.82) is 0 Å². The molecule has 1 amide bonds. The number of carbonyl (C=O) groups excluding carboxylic acids is 1. The van der Waals surface area contributed by atoms with E-state index in [1.54, 1.807) is 26.0 Å². The van der Waals surface area contributed by atoms with Gasteiger partial charge in [0, 0.05) is 0 Å². The van der Waals surface area contributed by atoms with Crippen molar-refractivity contribution in [2.75, 3.05) is 5.32 Å². The molecule has 7 nitrogen and oxygen atoms in total. The molecule has 0 aliphatic heterocycles. The molecular weight excluding hydrogens is 301 g/mol. The molecule has 3 aromatic rings. The van der Waals surface area contributed by atoms with Gasteiger partial charge in [-0.15, -0.1) is 0 Å². The van der Waals surface area contributed by atoms with E-state index in [2.05, 4.69) is 25.7 Å². The Morgan fingerprint density at radius 1 is 1.30 bits per heavy atom. The van der Waals surface area contributed by atoms with Crippen LogP contribution in [0.1, 0.15) is 17.3 Å². The van der Waals surface area contributed by atoms with Gasteiger partial charge >= 0.3 is 0 Å². The zero-order valence-corrected chi connectivity index (χ0v) is 12.6. The Bertz CT molecular complexity index is 838. The molecule has 0 fully saturated rings. The largest absolute Gasteiger partial charge is 0.337 e. The molecule has 0 spiro atoms. The molecular formula is C15H14FN5O2. The molecule has 0 atom stereocenters. The zero-order valence-electron chi connectivity index (χ0n) is 12.6. The van der Waals surface area contributed by atoms with Crippen molar-refractivity contribution in [1.82, 2.24) is 20.3 Å². The topological polar surface area (TPSA) is 96.7 Å². The van der Waals surface area contributed by atoms with Crippen molar-refractivity contribution in [3.8, 4) is 11.1 Å². The highest BCUT2D eigenvalue weighted by Gasteiger charge is 2.18. The van der Waals surface area contributed by atoms with Crippen LogP contribution in [0, 0.1) is 19.7 Å². The molecule has 2 aromatic heterocycles. The number of aryl methyl sites for hydroxylation is 2. The predicted molar refractivity (Wildman–Crippen MR) is 80.1 cm³/mol. The van der Waals surface area contributed by atoms with Crippen LogP contribution in [-0.4, -0.2) is 26.2 Å². The van der Waals surface area contributed by atoms with Crippen LogP contribution in [0.5, 0.6) is 0 Å². The molecule has 0 bridgehead atoms. The van der Waals surface area contributed by atoms with E-state index in [9.17, 15) is 9.18 Å². The molecule has 23 heavy (non-hydrogen) atoms. The molecule has 0 aliphatic rings. The van der Waals surface area contributed by atoms with E-state index in [0.717, 1.165) is 0 Å². The van der Waals surface area contributed by atoms with Gasteiger partial charge in [-0.3, -0.25) is 15.2 Å². The minimum atomic E-state index is -0.339. The number of nitrogens with zero attached hydrogens (tertiary/aromatic N) is 3. The number of H-pyrrole nitrogens is 1. The number of aromatic nitrogens is 4. The van der Waals surface area contributed by atoms with Crippen LogP contribution in [0.15, 0.2) is 28.8 Å². The number of rotatable bonds is 4. The van der Waals surface area contributed by atoms with Crippen LogP contribution in [0.25, 0.3) is 11.1 Å². The molecule has 2 heterocycles. The first-order chi connectivity index (χ1) is 11.0. The number of amides is 1. The van der Waals surface area contributed by atoms with Gasteiger partial charge in [-0.2, -0.15) is 5.10 Å². The molecule has 0 unspecified atom stereocenters. The molecule has 0 aliphatic carbocycles. The number of anilines is 1. The Balaban J connectivity index is 1.81. The van der Waals surface area contributed by atoms with Crippen LogP contribution in [0.3, 0.4) is 0 Å². The van der Waals surface area contributed by atoms with Gasteiger partial charge in [0.2, 0.25) is 11.8 Å². The van der Waals surface area contributed by atoms with Crippen LogP contribution < -0.4 is 5.32 Å². The first-order valence-corrected chi connectivity index (χ1v) is 6.93. The van der Waals surface area contributed by atoms with Crippen molar-refractivity contribution in [2.24, 2.45) is 0 Å². The van der Waals surface area contributed by atoms with E-state index in [0.29, 0.717) is 28.5 Å². The first-order valence-electron chi connectivity index (χ1n) is 6.93. The predicted octanol–water partition coefficient (Wildman–Crippen LogP) is 2.40. The van der Waals surface area contributed by atoms with Gasteiger partial charge in [0.05, 0.1) is 17.7 Å². The van der Waals surface area contributed by atoms with Crippen LogP contribution in [0.4, 0.5) is 10.3 Å². The minimum absolute atomic E-state index is 0.00689. The summed E-state index contributed by atoms with van der Waals surface area (Å²) in [7, 11) is 0. The lowest BCUT2D eigenvalue weighted by molar-refractivity contribution is -0.115. The summed E-state index contributed by atoms with van der Waals surface area (Å²) in [6, 6.07) is 5.87. The van der Waals surface area contributed by atoms with Crippen molar-refractivity contribution >= 4 is 11.8 Å². The zero-order chi connectivity index (χ0) is 16.4. The molecule has 0 saturated carbocycles. The number of aromatic amines is 1. The van der Waals surface area contributed by atoms with Crippen LogP contribution in [-0.2, 0) is 11.2 Å². The fourth-order valence-corrected chi connectivity index (χ4v) is 2.19. The minimum Gasteiger partial charge on any atom is -0.337 e. The Morgan fingerprint density at radius 3 is 2.70 bits per heavy atom. The summed E-state index contributed by atoms with van der Waals surface area (Å²) in [6.07, 6.45) is 0.00689. The fourth-order valence-electron chi connectivity index (χ4n) is 2.19. The van der Waals surface area contributed by atoms with Crippen molar-refractivity contribution in [2.45, 2.75) is 20.3 Å². The monoisotopic (exact) mass is 315 g/mol. The van der Waals surface area contributed by atoms with Gasteiger partial charge in [0.15, 0.2) is 5.82 Å². The van der Waals surface area contributed by atoms with Gasteiger partial charge in [0.25, 0.3) is 0 Å². The van der Waals surface area contributed by atoms with E-state index < -0.39 is 0 Å². The summed E-state index contributed by atoms with van der Waals surface area (Å²) in [5, 5.41) is 13.1. The number of carbonyl (C=O) groups is 1. The Hall–Kier alpha value is -3.03. The van der Waals surface area contributed by atoms with E-state index in [1.165, 1.54) is 12.1 Å². The highest BCUT2D eigenvalue weighted by molar-refractivity contribution is 5.94. The summed E-state index contributed by atoms with van der Waals surface area (Å²) >= 11 is 0. The third-order valence-electron chi connectivity index (χ3n) is 3.21. The van der Waals surface area contributed by atoms with Gasteiger partial charge < -0.3 is 4.52 Å². The first kappa shape index (κ1) is 14.9. The summed E-state index contributed by atoms with van der Waals surface area (Å²) in [5.74, 6) is 0.568. The van der Waals surface area contributed by atoms with Gasteiger partial charge in [-0.25, -0.2) is 9.37 Å². The van der Waals surface area contributed by atoms with Crippen molar-refractivity contribution in [3.05, 3.63) is 47.4 Å². The van der Waals surface area contributed by atoms with Crippen molar-refractivity contribution < 1.29 is 13.7 Å².